The second-order valence-electron chi connectivity index (χ2n) is 5.72. The molecule has 2 aromatic rings. The molecule has 0 fully saturated rings. The van der Waals surface area contributed by atoms with E-state index in [9.17, 15) is 18.8 Å². The molecule has 0 saturated heterocycles. The van der Waals surface area contributed by atoms with Crippen LogP contribution in [-0.2, 0) is 9.53 Å². The van der Waals surface area contributed by atoms with Crippen LogP contribution in [0.15, 0.2) is 42.5 Å². The summed E-state index contributed by atoms with van der Waals surface area (Å²) < 4.78 is 23.4. The number of benzene rings is 2. The molecule has 0 unspecified atom stereocenters. The van der Waals surface area contributed by atoms with Gasteiger partial charge in [-0.1, -0.05) is 29.8 Å². The fraction of sp³-hybridized carbons (Fsp3) is 0.211. The van der Waals surface area contributed by atoms with Gasteiger partial charge in [0.1, 0.15) is 0 Å². The fourth-order valence-corrected chi connectivity index (χ4v) is 2.73. The van der Waals surface area contributed by atoms with Gasteiger partial charge in [-0.05, 0) is 29.8 Å². The van der Waals surface area contributed by atoms with Crippen molar-refractivity contribution in [3.63, 3.8) is 0 Å². The number of carbonyl (C=O) groups is 3. The molecule has 28 heavy (non-hydrogen) atoms. The van der Waals surface area contributed by atoms with Gasteiger partial charge in [0.25, 0.3) is 0 Å². The van der Waals surface area contributed by atoms with Gasteiger partial charge in [0.2, 0.25) is 0 Å². The van der Waals surface area contributed by atoms with Crippen LogP contribution in [0.25, 0.3) is 0 Å². The third-order valence-electron chi connectivity index (χ3n) is 3.81. The Bertz CT molecular complexity index is 890. The zero-order valence-electron chi connectivity index (χ0n) is 14.9. The first kappa shape index (κ1) is 21.2. The molecule has 2 aromatic carbocycles. The Morgan fingerprint density at radius 1 is 1.21 bits per heavy atom. The van der Waals surface area contributed by atoms with E-state index in [4.69, 9.17) is 26.8 Å². The van der Waals surface area contributed by atoms with Crippen LogP contribution < -0.4 is 15.8 Å². The van der Waals surface area contributed by atoms with Crippen molar-refractivity contribution < 1.29 is 28.2 Å². The number of primary amides is 1. The monoisotopic (exact) mass is 408 g/mol. The predicted molar refractivity (Wildman–Crippen MR) is 99.8 cm³/mol. The number of esters is 1. The summed E-state index contributed by atoms with van der Waals surface area (Å²) in [5.41, 5.74) is 5.65. The van der Waals surface area contributed by atoms with Crippen molar-refractivity contribution in [3.05, 3.63) is 64.4 Å². The van der Waals surface area contributed by atoms with E-state index < -0.39 is 36.2 Å². The molecular formula is C19H18ClFN2O5. The van der Waals surface area contributed by atoms with Crippen molar-refractivity contribution in [1.29, 1.82) is 0 Å². The van der Waals surface area contributed by atoms with Crippen LogP contribution in [0.2, 0.25) is 5.02 Å². The second-order valence-corrected chi connectivity index (χ2v) is 6.13. The number of amides is 2. The average molecular weight is 409 g/mol. The second kappa shape index (κ2) is 9.70. The van der Waals surface area contributed by atoms with Crippen LogP contribution >= 0.6 is 11.6 Å². The third kappa shape index (κ3) is 5.68. The summed E-state index contributed by atoms with van der Waals surface area (Å²) in [7, 11) is 1.30. The van der Waals surface area contributed by atoms with Gasteiger partial charge in [-0.15, -0.1) is 0 Å². The van der Waals surface area contributed by atoms with E-state index in [2.05, 4.69) is 5.32 Å². The lowest BCUT2D eigenvalue weighted by atomic mass is 10.0. The number of ketones is 1. The molecule has 0 spiro atoms. The predicted octanol–water partition coefficient (Wildman–Crippen LogP) is 3.01. The largest absolute Gasteiger partial charge is 0.494 e. The summed E-state index contributed by atoms with van der Waals surface area (Å²) in [6.45, 7) is -0.587. The highest BCUT2D eigenvalue weighted by Crippen LogP contribution is 2.25. The topological polar surface area (TPSA) is 108 Å². The van der Waals surface area contributed by atoms with Crippen LogP contribution in [0.5, 0.6) is 5.75 Å². The van der Waals surface area contributed by atoms with Crippen molar-refractivity contribution in [1.82, 2.24) is 5.32 Å². The number of halogens is 2. The van der Waals surface area contributed by atoms with Crippen molar-refractivity contribution in [2.24, 2.45) is 5.73 Å². The van der Waals surface area contributed by atoms with Crippen molar-refractivity contribution >= 4 is 29.4 Å². The maximum Gasteiger partial charge on any atom is 0.312 e. The Balaban J connectivity index is 2.00. The molecule has 0 radical (unpaired) electrons. The zero-order valence-corrected chi connectivity index (χ0v) is 15.7. The van der Waals surface area contributed by atoms with Crippen molar-refractivity contribution in [2.45, 2.75) is 12.5 Å². The number of Topliss-reactive ketones (excluding diaryl/α,β-unsaturated/α-hetero) is 1. The van der Waals surface area contributed by atoms with Gasteiger partial charge in [-0.25, -0.2) is 9.18 Å². The smallest absolute Gasteiger partial charge is 0.312 e. The highest BCUT2D eigenvalue weighted by atomic mass is 35.5. The van der Waals surface area contributed by atoms with Gasteiger partial charge in [-0.2, -0.15) is 0 Å². The lowest BCUT2D eigenvalue weighted by Crippen LogP contribution is -2.35. The molecule has 3 N–H and O–H groups in total. The average Bonchev–Trinajstić information content (AvgIpc) is 2.65. The summed E-state index contributed by atoms with van der Waals surface area (Å²) in [6.07, 6.45) is -0.295. The summed E-state index contributed by atoms with van der Waals surface area (Å²) in [6, 6.07) is 8.59. The van der Waals surface area contributed by atoms with Gasteiger partial charge in [0.15, 0.2) is 24.0 Å². The number of hydrogen-bond donors (Lipinski definition) is 2. The fourth-order valence-electron chi connectivity index (χ4n) is 2.46. The van der Waals surface area contributed by atoms with E-state index in [1.54, 1.807) is 24.3 Å². The molecule has 2 amide bonds. The normalized spacial score (nSPS) is 11.4. The number of nitrogens with two attached hydrogens (primary N) is 1. The van der Waals surface area contributed by atoms with Gasteiger partial charge >= 0.3 is 12.0 Å². The Kier molecular flexibility index (Phi) is 7.34. The Morgan fingerprint density at radius 3 is 2.54 bits per heavy atom. The number of carbonyl (C=O) groups excluding carboxylic acids is 3. The molecule has 0 bridgehead atoms. The first-order valence-corrected chi connectivity index (χ1v) is 8.52. The molecule has 2 rings (SSSR count). The molecule has 7 nitrogen and oxygen atoms in total. The quantitative estimate of drug-likeness (QED) is 0.515. The standard InChI is InChI=1S/C19H18ClFN2O5/c1-27-17-7-6-11(8-14(17)21)16(24)10-28-18(25)9-15(23-19(22)26)12-4-2-3-5-13(12)20/h2-8,15H,9-10H2,1H3,(H3,22,23,26)/t15-/m0/s1. The van der Waals surface area contributed by atoms with Gasteiger partial charge in [0, 0.05) is 10.6 Å². The molecule has 0 heterocycles. The summed E-state index contributed by atoms with van der Waals surface area (Å²) in [5.74, 6) is -2.06. The molecule has 0 saturated carbocycles. The maximum absolute atomic E-state index is 13.7. The number of rotatable bonds is 8. The molecular weight excluding hydrogens is 391 g/mol. The van der Waals surface area contributed by atoms with E-state index in [1.807, 2.05) is 0 Å². The minimum absolute atomic E-state index is 0.00588. The molecule has 0 aromatic heterocycles. The van der Waals surface area contributed by atoms with E-state index in [-0.39, 0.29) is 17.7 Å². The molecule has 0 aliphatic carbocycles. The van der Waals surface area contributed by atoms with E-state index in [0.29, 0.717) is 10.6 Å². The minimum atomic E-state index is -0.845. The molecule has 9 heteroatoms. The van der Waals surface area contributed by atoms with Crippen LogP contribution in [0.1, 0.15) is 28.4 Å². The zero-order chi connectivity index (χ0) is 20.7. The highest BCUT2D eigenvalue weighted by molar-refractivity contribution is 6.31. The number of hydrogen-bond acceptors (Lipinski definition) is 5. The van der Waals surface area contributed by atoms with Gasteiger partial charge < -0.3 is 20.5 Å². The first-order valence-electron chi connectivity index (χ1n) is 8.14. The van der Waals surface area contributed by atoms with Crippen molar-refractivity contribution in [2.75, 3.05) is 13.7 Å². The van der Waals surface area contributed by atoms with Gasteiger partial charge in [-0.3, -0.25) is 9.59 Å². The molecule has 0 aliphatic rings. The third-order valence-corrected chi connectivity index (χ3v) is 4.15. The summed E-state index contributed by atoms with van der Waals surface area (Å²) in [5, 5.41) is 2.74. The summed E-state index contributed by atoms with van der Waals surface area (Å²) in [4.78, 5) is 35.4. The number of ether oxygens (including phenoxy) is 2. The Labute approximate surface area is 165 Å². The van der Waals surface area contributed by atoms with Crippen LogP contribution in [0.3, 0.4) is 0 Å². The van der Waals surface area contributed by atoms with E-state index in [1.165, 1.54) is 19.2 Å². The number of methoxy groups -OCH3 is 1. The minimum Gasteiger partial charge on any atom is -0.494 e. The van der Waals surface area contributed by atoms with E-state index in [0.717, 1.165) is 6.07 Å². The molecule has 148 valence electrons. The van der Waals surface area contributed by atoms with Crippen LogP contribution in [-0.4, -0.2) is 31.5 Å². The van der Waals surface area contributed by atoms with Crippen LogP contribution in [0.4, 0.5) is 9.18 Å². The van der Waals surface area contributed by atoms with E-state index >= 15 is 0 Å². The van der Waals surface area contributed by atoms with Gasteiger partial charge in [0.05, 0.1) is 19.6 Å². The SMILES string of the molecule is COc1ccc(C(=O)COC(=O)C[C@H](NC(N)=O)c2ccccc2Cl)cc1F. The summed E-state index contributed by atoms with van der Waals surface area (Å²) >= 11 is 6.09. The molecule has 1 atom stereocenters. The molecule has 0 aliphatic heterocycles. The van der Waals surface area contributed by atoms with Crippen LogP contribution in [0, 0.1) is 5.82 Å². The maximum atomic E-state index is 13.7. The lowest BCUT2D eigenvalue weighted by Gasteiger charge is -2.18. The lowest BCUT2D eigenvalue weighted by molar-refractivity contribution is -0.143. The number of nitrogens with one attached hydrogen (secondary N) is 1. The Morgan fingerprint density at radius 2 is 1.93 bits per heavy atom. The van der Waals surface area contributed by atoms with Crippen molar-refractivity contribution in [3.8, 4) is 5.75 Å². The Hall–Kier alpha value is -3.13. The highest BCUT2D eigenvalue weighted by Gasteiger charge is 2.21. The number of urea groups is 1. The first-order chi connectivity index (χ1) is 13.3.